The van der Waals surface area contributed by atoms with Crippen molar-refractivity contribution in [1.29, 1.82) is 0 Å². The maximum absolute atomic E-state index is 11.7. The number of hydrogen-bond donors (Lipinski definition) is 2. The highest BCUT2D eigenvalue weighted by Gasteiger charge is 2.24. The van der Waals surface area contributed by atoms with E-state index in [2.05, 4.69) is 10.4 Å². The molecule has 2 rings (SSSR count). The Bertz CT molecular complexity index is 653. The molecule has 0 aromatic carbocycles. The van der Waals surface area contributed by atoms with E-state index in [1.165, 1.54) is 6.08 Å². The van der Waals surface area contributed by atoms with Crippen LogP contribution < -0.4 is 5.32 Å². The van der Waals surface area contributed by atoms with Crippen LogP contribution in [0.3, 0.4) is 0 Å². The molecule has 21 heavy (non-hydrogen) atoms. The number of hydrogen-bond acceptors (Lipinski definition) is 4. The first-order chi connectivity index (χ1) is 9.87. The number of carbonyl (C=O) groups excluding carboxylic acids is 1. The second-order valence-corrected chi connectivity index (χ2v) is 5.18. The molecule has 1 atom stereocenters. The molecule has 2 heterocycles. The van der Waals surface area contributed by atoms with Gasteiger partial charge >= 0.3 is 0 Å². The van der Waals surface area contributed by atoms with Crippen LogP contribution in [0.15, 0.2) is 35.0 Å². The van der Waals surface area contributed by atoms with Gasteiger partial charge in [0.1, 0.15) is 17.1 Å². The first kappa shape index (κ1) is 15.1. The van der Waals surface area contributed by atoms with E-state index < -0.39 is 5.60 Å². The van der Waals surface area contributed by atoms with Gasteiger partial charge in [0.25, 0.3) is 0 Å². The third-order valence-corrected chi connectivity index (χ3v) is 3.09. The number of amides is 1. The van der Waals surface area contributed by atoms with Crippen LogP contribution in [0.5, 0.6) is 0 Å². The van der Waals surface area contributed by atoms with Crippen LogP contribution in [-0.2, 0) is 17.4 Å². The molecule has 0 fully saturated rings. The van der Waals surface area contributed by atoms with E-state index in [1.807, 2.05) is 13.0 Å². The topological polar surface area (TPSA) is 80.3 Å². The smallest absolute Gasteiger partial charge is 0.244 e. The molecule has 2 aromatic rings. The predicted molar refractivity (Wildman–Crippen MR) is 78.3 cm³/mol. The molecule has 0 saturated carbocycles. The maximum atomic E-state index is 11.7. The summed E-state index contributed by atoms with van der Waals surface area (Å²) in [4.78, 5) is 11.7. The Morgan fingerprint density at radius 2 is 2.33 bits per heavy atom. The number of aryl methyl sites for hydroxylation is 2. The minimum atomic E-state index is -1.17. The minimum Gasteiger partial charge on any atom is -0.462 e. The average Bonchev–Trinajstić information content (AvgIpc) is 3.03. The summed E-state index contributed by atoms with van der Waals surface area (Å²) in [6.07, 6.45) is 6.25. The van der Waals surface area contributed by atoms with Gasteiger partial charge in [-0.2, -0.15) is 5.10 Å². The first-order valence-corrected chi connectivity index (χ1v) is 6.61. The van der Waals surface area contributed by atoms with Gasteiger partial charge in [-0.1, -0.05) is 0 Å². The zero-order valence-corrected chi connectivity index (χ0v) is 12.3. The Morgan fingerprint density at radius 3 is 2.90 bits per heavy atom. The van der Waals surface area contributed by atoms with E-state index in [4.69, 9.17) is 4.42 Å². The number of carbonyl (C=O) groups is 1. The predicted octanol–water partition coefficient (Wildman–Crippen LogP) is 1.36. The van der Waals surface area contributed by atoms with Crippen LogP contribution >= 0.6 is 0 Å². The molecular weight excluding hydrogens is 270 g/mol. The SMILES string of the molecule is Cc1ccc(/C=C\C(=O)NC[C@@](C)(O)c2cnn(C)c2)o1. The third kappa shape index (κ3) is 4.06. The molecule has 6 heteroatoms. The monoisotopic (exact) mass is 289 g/mol. The van der Waals surface area contributed by atoms with Gasteiger partial charge in [0.05, 0.1) is 12.7 Å². The fraction of sp³-hybridized carbons (Fsp3) is 0.333. The van der Waals surface area contributed by atoms with Crippen molar-refractivity contribution in [1.82, 2.24) is 15.1 Å². The summed E-state index contributed by atoms with van der Waals surface area (Å²) >= 11 is 0. The number of nitrogens with zero attached hydrogens (tertiary/aromatic N) is 2. The Balaban J connectivity index is 1.90. The highest BCUT2D eigenvalue weighted by atomic mass is 16.3. The maximum Gasteiger partial charge on any atom is 0.244 e. The lowest BCUT2D eigenvalue weighted by molar-refractivity contribution is -0.117. The van der Waals surface area contributed by atoms with Gasteiger partial charge in [0.15, 0.2) is 0 Å². The third-order valence-electron chi connectivity index (χ3n) is 3.09. The quantitative estimate of drug-likeness (QED) is 0.814. The highest BCUT2D eigenvalue weighted by Crippen LogP contribution is 2.18. The molecule has 0 bridgehead atoms. The van der Waals surface area contributed by atoms with Crippen molar-refractivity contribution in [3.8, 4) is 0 Å². The Hall–Kier alpha value is -2.34. The summed E-state index contributed by atoms with van der Waals surface area (Å²) in [5, 5.41) is 17.0. The molecule has 0 unspecified atom stereocenters. The number of nitrogens with one attached hydrogen (secondary N) is 1. The zero-order chi connectivity index (χ0) is 15.5. The van der Waals surface area contributed by atoms with Gasteiger partial charge in [-0.25, -0.2) is 0 Å². The number of aliphatic hydroxyl groups is 1. The Labute approximate surface area is 123 Å². The lowest BCUT2D eigenvalue weighted by Gasteiger charge is -2.21. The van der Waals surface area contributed by atoms with Crippen molar-refractivity contribution in [2.45, 2.75) is 19.4 Å². The van der Waals surface area contributed by atoms with Crippen molar-refractivity contribution in [3.05, 3.63) is 47.7 Å². The van der Waals surface area contributed by atoms with Gasteiger partial charge in [-0.05, 0) is 32.1 Å². The summed E-state index contributed by atoms with van der Waals surface area (Å²) in [5.41, 5.74) is -0.519. The second-order valence-electron chi connectivity index (χ2n) is 5.18. The zero-order valence-electron chi connectivity index (χ0n) is 12.3. The first-order valence-electron chi connectivity index (χ1n) is 6.61. The van der Waals surface area contributed by atoms with Crippen LogP contribution in [0.1, 0.15) is 24.0 Å². The molecule has 0 aliphatic heterocycles. The fourth-order valence-corrected chi connectivity index (χ4v) is 1.82. The van der Waals surface area contributed by atoms with E-state index in [1.54, 1.807) is 43.2 Å². The van der Waals surface area contributed by atoms with Crippen LogP contribution in [0.2, 0.25) is 0 Å². The lowest BCUT2D eigenvalue weighted by atomic mass is 10.00. The standard InChI is InChI=1S/C15H19N3O3/c1-11-4-5-13(21-11)6-7-14(19)16-10-15(2,20)12-8-17-18(3)9-12/h4-9,20H,10H2,1-3H3,(H,16,19)/b7-6-/t15-/m1/s1. The lowest BCUT2D eigenvalue weighted by Crippen LogP contribution is -2.37. The van der Waals surface area contributed by atoms with Crippen molar-refractivity contribution >= 4 is 12.0 Å². The normalized spacial score (nSPS) is 14.3. The molecule has 112 valence electrons. The highest BCUT2D eigenvalue weighted by molar-refractivity contribution is 5.91. The molecule has 6 nitrogen and oxygen atoms in total. The van der Waals surface area contributed by atoms with E-state index >= 15 is 0 Å². The van der Waals surface area contributed by atoms with E-state index in [9.17, 15) is 9.90 Å². The molecule has 0 aliphatic rings. The summed E-state index contributed by atoms with van der Waals surface area (Å²) < 4.78 is 6.93. The van der Waals surface area contributed by atoms with Crippen molar-refractivity contribution in [2.24, 2.45) is 7.05 Å². The van der Waals surface area contributed by atoms with Gasteiger partial charge in [-0.15, -0.1) is 0 Å². The molecule has 0 radical (unpaired) electrons. The number of aromatic nitrogens is 2. The van der Waals surface area contributed by atoms with E-state index in [0.29, 0.717) is 11.3 Å². The molecule has 2 aromatic heterocycles. The van der Waals surface area contributed by atoms with E-state index in [0.717, 1.165) is 5.76 Å². The van der Waals surface area contributed by atoms with Crippen molar-refractivity contribution < 1.29 is 14.3 Å². The van der Waals surface area contributed by atoms with Crippen molar-refractivity contribution in [3.63, 3.8) is 0 Å². The van der Waals surface area contributed by atoms with Crippen LogP contribution in [0.25, 0.3) is 6.08 Å². The van der Waals surface area contributed by atoms with Gasteiger partial charge in [-0.3, -0.25) is 9.48 Å². The molecular formula is C15H19N3O3. The van der Waals surface area contributed by atoms with Gasteiger partial charge < -0.3 is 14.8 Å². The van der Waals surface area contributed by atoms with Crippen LogP contribution in [0.4, 0.5) is 0 Å². The fourth-order valence-electron chi connectivity index (χ4n) is 1.82. The molecule has 0 aliphatic carbocycles. The van der Waals surface area contributed by atoms with E-state index in [-0.39, 0.29) is 12.5 Å². The van der Waals surface area contributed by atoms with Crippen LogP contribution in [-0.4, -0.2) is 27.3 Å². The molecule has 0 spiro atoms. The summed E-state index contributed by atoms with van der Waals surface area (Å²) in [7, 11) is 1.77. The average molecular weight is 289 g/mol. The number of furan rings is 1. The minimum absolute atomic E-state index is 0.0963. The largest absolute Gasteiger partial charge is 0.462 e. The Morgan fingerprint density at radius 1 is 1.57 bits per heavy atom. The Kier molecular flexibility index (Phi) is 4.28. The van der Waals surface area contributed by atoms with Crippen molar-refractivity contribution in [2.75, 3.05) is 6.54 Å². The number of rotatable bonds is 5. The second kappa shape index (κ2) is 5.97. The van der Waals surface area contributed by atoms with Crippen LogP contribution in [0, 0.1) is 6.92 Å². The summed E-state index contributed by atoms with van der Waals surface area (Å²) in [5.74, 6) is 1.10. The summed E-state index contributed by atoms with van der Waals surface area (Å²) in [6.45, 7) is 3.56. The molecule has 1 amide bonds. The van der Waals surface area contributed by atoms with Gasteiger partial charge in [0.2, 0.25) is 5.91 Å². The molecule has 2 N–H and O–H groups in total. The molecule has 0 saturated heterocycles. The summed E-state index contributed by atoms with van der Waals surface area (Å²) in [6, 6.07) is 3.61. The van der Waals surface area contributed by atoms with Gasteiger partial charge in [0, 0.05) is 24.9 Å².